The number of nitrogens with zero attached hydrogens (tertiary/aromatic N) is 4. The molecule has 168 valence electrons. The molecule has 0 radical (unpaired) electrons. The predicted octanol–water partition coefficient (Wildman–Crippen LogP) is 2.81. The van der Waals surface area contributed by atoms with Crippen LogP contribution in [0.1, 0.15) is 39.8 Å². The Hall–Kier alpha value is -2.88. The number of amides is 2. The van der Waals surface area contributed by atoms with Gasteiger partial charge < -0.3 is 14.5 Å². The fraction of sp³-hybridized carbons (Fsp3) is 0.476. The van der Waals surface area contributed by atoms with E-state index in [0.717, 1.165) is 0 Å². The molecule has 0 fully saturated rings. The average Bonchev–Trinajstić information content (AvgIpc) is 3.10. The molecule has 0 unspecified atom stereocenters. The zero-order valence-electron chi connectivity index (χ0n) is 17.6. The molecule has 0 saturated heterocycles. The van der Waals surface area contributed by atoms with Crippen LogP contribution in [0.5, 0.6) is 0 Å². The lowest BCUT2D eigenvalue weighted by Crippen LogP contribution is -2.40. The number of carbonyl (C=O) groups is 2. The maximum atomic E-state index is 13.1. The van der Waals surface area contributed by atoms with Crippen molar-refractivity contribution in [2.45, 2.75) is 38.2 Å². The minimum Gasteiger partial charge on any atom is -0.367 e. The largest absolute Gasteiger partial charge is 0.390 e. The smallest absolute Gasteiger partial charge is 0.367 e. The maximum absolute atomic E-state index is 13.1. The van der Waals surface area contributed by atoms with Gasteiger partial charge in [-0.2, -0.15) is 18.3 Å². The first kappa shape index (κ1) is 22.8. The number of aryl methyl sites for hydroxylation is 1. The van der Waals surface area contributed by atoms with E-state index in [4.69, 9.17) is 4.74 Å². The van der Waals surface area contributed by atoms with Crippen LogP contribution < -0.4 is 0 Å². The van der Waals surface area contributed by atoms with E-state index < -0.39 is 24.6 Å². The van der Waals surface area contributed by atoms with Gasteiger partial charge in [0.25, 0.3) is 11.8 Å². The first-order chi connectivity index (χ1) is 14.6. The standard InChI is InChI=1S/C21H25F3N4O3/c1-26(2)19(29)17-15-13-27(20(30)18(31-3)14-7-5-4-6-8-14)11-9-16(15)28(25-17)12-10-21(22,23)24/h4-8,18H,9-13H2,1-3H3/t18-/m0/s1. The fourth-order valence-corrected chi connectivity index (χ4v) is 3.65. The third-order valence-electron chi connectivity index (χ3n) is 5.22. The highest BCUT2D eigenvalue weighted by atomic mass is 19.4. The van der Waals surface area contributed by atoms with Crippen molar-refractivity contribution in [3.63, 3.8) is 0 Å². The van der Waals surface area contributed by atoms with Crippen molar-refractivity contribution in [2.75, 3.05) is 27.7 Å². The molecular formula is C21H25F3N4O3. The molecule has 0 aliphatic carbocycles. The maximum Gasteiger partial charge on any atom is 0.390 e. The highest BCUT2D eigenvalue weighted by molar-refractivity contribution is 5.94. The van der Waals surface area contributed by atoms with Crippen LogP contribution in [0, 0.1) is 0 Å². The molecule has 1 atom stereocenters. The molecule has 1 aromatic heterocycles. The third-order valence-corrected chi connectivity index (χ3v) is 5.22. The van der Waals surface area contributed by atoms with Crippen LogP contribution in [-0.2, 0) is 29.0 Å². The number of benzene rings is 1. The van der Waals surface area contributed by atoms with Gasteiger partial charge in [-0.1, -0.05) is 30.3 Å². The van der Waals surface area contributed by atoms with Gasteiger partial charge in [0.15, 0.2) is 11.8 Å². The number of ether oxygens (including phenoxy) is 1. The van der Waals surface area contributed by atoms with Crippen LogP contribution >= 0.6 is 0 Å². The summed E-state index contributed by atoms with van der Waals surface area (Å²) in [5.74, 6) is -0.687. The van der Waals surface area contributed by atoms with E-state index in [1.807, 2.05) is 18.2 Å². The number of methoxy groups -OCH3 is 1. The van der Waals surface area contributed by atoms with Crippen LogP contribution in [0.2, 0.25) is 0 Å². The number of aromatic nitrogens is 2. The molecule has 10 heteroatoms. The van der Waals surface area contributed by atoms with Gasteiger partial charge in [0.2, 0.25) is 0 Å². The van der Waals surface area contributed by atoms with E-state index in [-0.39, 0.29) is 24.7 Å². The van der Waals surface area contributed by atoms with Gasteiger partial charge in [-0.15, -0.1) is 0 Å². The molecule has 0 bridgehead atoms. The van der Waals surface area contributed by atoms with Gasteiger partial charge in [-0.3, -0.25) is 14.3 Å². The lowest BCUT2D eigenvalue weighted by Gasteiger charge is -2.31. The molecule has 1 aliphatic rings. The summed E-state index contributed by atoms with van der Waals surface area (Å²) in [4.78, 5) is 28.6. The second-order valence-corrected chi connectivity index (χ2v) is 7.60. The summed E-state index contributed by atoms with van der Waals surface area (Å²) in [6.07, 6.45) is -5.88. The van der Waals surface area contributed by atoms with Crippen molar-refractivity contribution in [1.82, 2.24) is 19.6 Å². The summed E-state index contributed by atoms with van der Waals surface area (Å²) < 4.78 is 44.9. The van der Waals surface area contributed by atoms with Crippen LogP contribution in [0.3, 0.4) is 0 Å². The quantitative estimate of drug-likeness (QED) is 0.696. The zero-order chi connectivity index (χ0) is 22.8. The molecule has 2 amide bonds. The Bertz CT molecular complexity index is 941. The number of carbonyl (C=O) groups excluding carboxylic acids is 2. The first-order valence-corrected chi connectivity index (χ1v) is 9.86. The first-order valence-electron chi connectivity index (χ1n) is 9.86. The summed E-state index contributed by atoms with van der Waals surface area (Å²) in [7, 11) is 4.54. The highest BCUT2D eigenvalue weighted by Crippen LogP contribution is 2.29. The van der Waals surface area contributed by atoms with E-state index in [9.17, 15) is 22.8 Å². The Labute approximate surface area is 178 Å². The number of alkyl halides is 3. The van der Waals surface area contributed by atoms with Crippen molar-refractivity contribution < 1.29 is 27.5 Å². The molecular weight excluding hydrogens is 413 g/mol. The normalized spacial score (nSPS) is 14.8. The van der Waals surface area contributed by atoms with Gasteiger partial charge in [-0.25, -0.2) is 0 Å². The summed E-state index contributed by atoms with van der Waals surface area (Å²) in [5.41, 5.74) is 1.83. The van der Waals surface area contributed by atoms with E-state index in [0.29, 0.717) is 29.8 Å². The van der Waals surface area contributed by atoms with Crippen molar-refractivity contribution >= 4 is 11.8 Å². The third kappa shape index (κ3) is 5.07. The SMILES string of the molecule is CO[C@H](C(=O)N1CCc2c(c(C(=O)N(C)C)nn2CCC(F)(F)F)C1)c1ccccc1. The molecule has 31 heavy (non-hydrogen) atoms. The molecule has 1 aliphatic heterocycles. The van der Waals surface area contributed by atoms with Crippen LogP contribution in [0.15, 0.2) is 30.3 Å². The molecule has 0 N–H and O–H groups in total. The second-order valence-electron chi connectivity index (χ2n) is 7.60. The van der Waals surface area contributed by atoms with Crippen molar-refractivity contribution in [3.8, 4) is 0 Å². The molecule has 7 nitrogen and oxygen atoms in total. The minimum atomic E-state index is -4.33. The second kappa shape index (κ2) is 9.09. The van der Waals surface area contributed by atoms with Crippen molar-refractivity contribution in [1.29, 1.82) is 0 Å². The summed E-state index contributed by atoms with van der Waals surface area (Å²) in [6.45, 7) is 0.0127. The molecule has 3 rings (SSSR count). The summed E-state index contributed by atoms with van der Waals surface area (Å²) in [5, 5.41) is 4.19. The predicted molar refractivity (Wildman–Crippen MR) is 106 cm³/mol. The van der Waals surface area contributed by atoms with Crippen molar-refractivity contribution in [2.24, 2.45) is 0 Å². The summed E-state index contributed by atoms with van der Waals surface area (Å²) >= 11 is 0. The minimum absolute atomic E-state index is 0.0772. The van der Waals surface area contributed by atoms with Gasteiger partial charge in [0, 0.05) is 58.5 Å². The topological polar surface area (TPSA) is 67.7 Å². The van der Waals surface area contributed by atoms with Gasteiger partial charge in [0.1, 0.15) is 0 Å². The number of fused-ring (bicyclic) bond motifs is 1. The Morgan fingerprint density at radius 3 is 2.48 bits per heavy atom. The Balaban J connectivity index is 1.90. The van der Waals surface area contributed by atoms with Crippen LogP contribution in [-0.4, -0.2) is 65.3 Å². The fourth-order valence-electron chi connectivity index (χ4n) is 3.65. The zero-order valence-corrected chi connectivity index (χ0v) is 17.6. The Kier molecular flexibility index (Phi) is 6.68. The molecule has 0 spiro atoms. The molecule has 0 saturated carbocycles. The van der Waals surface area contributed by atoms with Gasteiger partial charge >= 0.3 is 6.18 Å². The average molecular weight is 438 g/mol. The summed E-state index contributed by atoms with van der Waals surface area (Å²) in [6, 6.07) is 9.03. The van der Waals surface area contributed by atoms with Crippen molar-refractivity contribution in [3.05, 3.63) is 52.8 Å². The lowest BCUT2D eigenvalue weighted by atomic mass is 10.0. The van der Waals surface area contributed by atoms with Crippen LogP contribution in [0.25, 0.3) is 0 Å². The molecule has 1 aromatic carbocycles. The number of hydrogen-bond acceptors (Lipinski definition) is 4. The Morgan fingerprint density at radius 1 is 1.23 bits per heavy atom. The molecule has 2 aromatic rings. The van der Waals surface area contributed by atoms with Gasteiger partial charge in [-0.05, 0) is 5.56 Å². The van der Waals surface area contributed by atoms with E-state index in [1.165, 1.54) is 16.7 Å². The number of hydrogen-bond donors (Lipinski definition) is 0. The van der Waals surface area contributed by atoms with E-state index >= 15 is 0 Å². The molecule has 2 heterocycles. The lowest BCUT2D eigenvalue weighted by molar-refractivity contribution is -0.143. The highest BCUT2D eigenvalue weighted by Gasteiger charge is 2.35. The van der Waals surface area contributed by atoms with E-state index in [1.54, 1.807) is 31.1 Å². The van der Waals surface area contributed by atoms with E-state index in [2.05, 4.69) is 5.10 Å². The van der Waals surface area contributed by atoms with Crippen LogP contribution in [0.4, 0.5) is 13.2 Å². The Morgan fingerprint density at radius 2 is 1.90 bits per heavy atom. The number of halogens is 3. The number of rotatable bonds is 6. The monoisotopic (exact) mass is 438 g/mol. The van der Waals surface area contributed by atoms with Gasteiger partial charge in [0.05, 0.1) is 6.42 Å².